The number of nitrogen functional groups attached to an aromatic ring is 1. The highest BCUT2D eigenvalue weighted by Gasteiger charge is 2.17. The molecule has 0 radical (unpaired) electrons. The fourth-order valence-corrected chi connectivity index (χ4v) is 3.83. The van der Waals surface area contributed by atoms with Gasteiger partial charge >= 0.3 is 0 Å². The maximum Gasteiger partial charge on any atom is 0.298 e. The van der Waals surface area contributed by atoms with E-state index in [-0.39, 0.29) is 16.3 Å². The van der Waals surface area contributed by atoms with E-state index in [1.54, 1.807) is 30.3 Å². The van der Waals surface area contributed by atoms with Gasteiger partial charge in [0.25, 0.3) is 10.1 Å². The van der Waals surface area contributed by atoms with E-state index in [4.69, 9.17) is 15.0 Å². The van der Waals surface area contributed by atoms with Crippen molar-refractivity contribution < 1.29 is 17.7 Å². The highest BCUT2D eigenvalue weighted by Crippen LogP contribution is 2.30. The number of hydrogen-bond donors (Lipinski definition) is 3. The van der Waals surface area contributed by atoms with E-state index < -0.39 is 10.1 Å². The minimum atomic E-state index is -4.38. The van der Waals surface area contributed by atoms with Crippen LogP contribution < -0.4 is 15.8 Å². The SMILES string of the molecule is Cc1cccc(NCCc2ccccc2)c1.Nc1ccc(Oc2ccccc2)c(S(=O)(=O)O)c1. The van der Waals surface area contributed by atoms with E-state index in [0.717, 1.165) is 19.0 Å². The van der Waals surface area contributed by atoms with Crippen molar-refractivity contribution in [2.24, 2.45) is 0 Å². The van der Waals surface area contributed by atoms with Crippen molar-refractivity contribution in [1.82, 2.24) is 0 Å². The predicted molar refractivity (Wildman–Crippen MR) is 137 cm³/mol. The number of nitrogens with two attached hydrogens (primary N) is 1. The first-order valence-corrected chi connectivity index (χ1v) is 12.2. The molecule has 34 heavy (non-hydrogen) atoms. The van der Waals surface area contributed by atoms with Gasteiger partial charge in [0.05, 0.1) is 0 Å². The summed E-state index contributed by atoms with van der Waals surface area (Å²) in [7, 11) is -4.38. The molecular weight excluding hydrogens is 448 g/mol. The zero-order valence-electron chi connectivity index (χ0n) is 18.9. The Morgan fingerprint density at radius 2 is 1.53 bits per heavy atom. The van der Waals surface area contributed by atoms with Crippen LogP contribution in [-0.4, -0.2) is 19.5 Å². The molecule has 0 amide bonds. The Bertz CT molecular complexity index is 1290. The van der Waals surface area contributed by atoms with Crippen LogP contribution in [0.15, 0.2) is 108 Å². The molecule has 0 aliphatic rings. The lowest BCUT2D eigenvalue weighted by Gasteiger charge is -2.09. The number of rotatable bonds is 7. The summed E-state index contributed by atoms with van der Waals surface area (Å²) in [5, 5.41) is 3.43. The number of hydrogen-bond acceptors (Lipinski definition) is 5. The Labute approximate surface area is 200 Å². The van der Waals surface area contributed by atoms with E-state index in [1.165, 1.54) is 28.9 Å². The lowest BCUT2D eigenvalue weighted by atomic mass is 10.1. The molecule has 0 aromatic heterocycles. The summed E-state index contributed by atoms with van der Waals surface area (Å²) in [5.74, 6) is 0.491. The number of para-hydroxylation sites is 1. The Morgan fingerprint density at radius 1 is 0.853 bits per heavy atom. The predicted octanol–water partition coefficient (Wildman–Crippen LogP) is 5.96. The summed E-state index contributed by atoms with van der Waals surface area (Å²) in [4.78, 5) is -0.355. The van der Waals surface area contributed by atoms with Crippen LogP contribution in [0.2, 0.25) is 0 Å². The number of nitrogens with one attached hydrogen (secondary N) is 1. The minimum absolute atomic E-state index is 0.0258. The number of anilines is 2. The second kappa shape index (κ2) is 11.9. The van der Waals surface area contributed by atoms with Crippen molar-refractivity contribution >= 4 is 21.5 Å². The third-order valence-corrected chi connectivity index (χ3v) is 5.70. The molecule has 0 bridgehead atoms. The first-order valence-electron chi connectivity index (χ1n) is 10.8. The second-order valence-electron chi connectivity index (χ2n) is 7.63. The Balaban J connectivity index is 0.000000192. The van der Waals surface area contributed by atoms with Gasteiger partial charge in [-0.25, -0.2) is 0 Å². The van der Waals surface area contributed by atoms with E-state index in [9.17, 15) is 8.42 Å². The average molecular weight is 477 g/mol. The molecule has 0 fully saturated rings. The molecular formula is C27H28N2O4S. The molecule has 4 rings (SSSR count). The number of benzene rings is 4. The third kappa shape index (κ3) is 7.95. The number of aryl methyl sites for hydroxylation is 1. The van der Waals surface area contributed by atoms with Gasteiger partial charge in [-0.2, -0.15) is 8.42 Å². The maximum atomic E-state index is 11.2. The smallest absolute Gasteiger partial charge is 0.298 e. The summed E-state index contributed by atoms with van der Waals surface area (Å²) in [6.07, 6.45) is 1.06. The first kappa shape index (κ1) is 24.8. The second-order valence-corrected chi connectivity index (χ2v) is 9.02. The Kier molecular flexibility index (Phi) is 8.67. The molecule has 0 spiro atoms. The molecule has 4 aromatic carbocycles. The highest BCUT2D eigenvalue weighted by atomic mass is 32.2. The van der Waals surface area contributed by atoms with E-state index >= 15 is 0 Å². The molecule has 0 heterocycles. The van der Waals surface area contributed by atoms with Crippen LogP contribution in [0, 0.1) is 6.92 Å². The molecule has 0 aliphatic carbocycles. The van der Waals surface area contributed by atoms with Gasteiger partial charge in [0.15, 0.2) is 0 Å². The molecule has 0 atom stereocenters. The number of ether oxygens (including phenoxy) is 1. The summed E-state index contributed by atoms with van der Waals surface area (Å²) >= 11 is 0. The lowest BCUT2D eigenvalue weighted by Crippen LogP contribution is -2.04. The van der Waals surface area contributed by atoms with Crippen LogP contribution in [0.4, 0.5) is 11.4 Å². The van der Waals surface area contributed by atoms with Gasteiger partial charge in [-0.05, 0) is 66.9 Å². The van der Waals surface area contributed by atoms with Crippen molar-refractivity contribution in [2.75, 3.05) is 17.6 Å². The van der Waals surface area contributed by atoms with Gasteiger partial charge in [-0.15, -0.1) is 0 Å². The van der Waals surface area contributed by atoms with E-state index in [0.29, 0.717) is 5.75 Å². The van der Waals surface area contributed by atoms with Crippen LogP contribution in [0.25, 0.3) is 0 Å². The first-order chi connectivity index (χ1) is 16.3. The molecule has 6 nitrogen and oxygen atoms in total. The van der Waals surface area contributed by atoms with E-state index in [1.807, 2.05) is 0 Å². The van der Waals surface area contributed by atoms with Gasteiger partial charge in [0, 0.05) is 17.9 Å². The van der Waals surface area contributed by atoms with Gasteiger partial charge in [0.2, 0.25) is 0 Å². The van der Waals surface area contributed by atoms with Crippen LogP contribution in [0.3, 0.4) is 0 Å². The summed E-state index contributed by atoms with van der Waals surface area (Å²) in [6.45, 7) is 3.09. The van der Waals surface area contributed by atoms with Crippen molar-refractivity contribution in [3.8, 4) is 11.5 Å². The standard InChI is InChI=1S/C15H17N.C12H11NO4S/c1-13-6-5-9-15(12-13)16-11-10-14-7-3-2-4-8-14;13-9-6-7-11(12(8-9)18(14,15)16)17-10-4-2-1-3-5-10/h2-9,12,16H,10-11H2,1H3;1-8H,13H2,(H,14,15,16). The fourth-order valence-electron chi connectivity index (χ4n) is 3.18. The van der Waals surface area contributed by atoms with Crippen LogP contribution in [0.5, 0.6) is 11.5 Å². The summed E-state index contributed by atoms with van der Waals surface area (Å²) in [5.41, 5.74) is 9.59. The normalized spacial score (nSPS) is 10.6. The topological polar surface area (TPSA) is 102 Å². The third-order valence-electron chi connectivity index (χ3n) is 4.82. The van der Waals surface area contributed by atoms with Crippen LogP contribution in [0.1, 0.15) is 11.1 Å². The monoisotopic (exact) mass is 476 g/mol. The minimum Gasteiger partial charge on any atom is -0.456 e. The molecule has 4 aromatic rings. The summed E-state index contributed by atoms with van der Waals surface area (Å²) < 4.78 is 36.9. The highest BCUT2D eigenvalue weighted by molar-refractivity contribution is 7.86. The van der Waals surface area contributed by atoms with Gasteiger partial charge in [0.1, 0.15) is 16.4 Å². The van der Waals surface area contributed by atoms with Gasteiger partial charge in [-0.3, -0.25) is 4.55 Å². The maximum absolute atomic E-state index is 11.2. The van der Waals surface area contributed by atoms with Gasteiger partial charge < -0.3 is 15.8 Å². The molecule has 7 heteroatoms. The molecule has 0 aliphatic heterocycles. The quantitative estimate of drug-likeness (QED) is 0.225. The fraction of sp³-hybridized carbons (Fsp3) is 0.111. The largest absolute Gasteiger partial charge is 0.456 e. The van der Waals surface area contributed by atoms with E-state index in [2.05, 4.69) is 66.8 Å². The Hall–Kier alpha value is -3.81. The zero-order chi connectivity index (χ0) is 24.4. The van der Waals surface area contributed by atoms with Gasteiger partial charge in [-0.1, -0.05) is 60.7 Å². The Morgan fingerprint density at radius 3 is 2.18 bits per heavy atom. The van der Waals surface area contributed by atoms with Crippen molar-refractivity contribution in [3.05, 3.63) is 114 Å². The molecule has 0 saturated heterocycles. The van der Waals surface area contributed by atoms with Crippen LogP contribution >= 0.6 is 0 Å². The lowest BCUT2D eigenvalue weighted by molar-refractivity contribution is 0.450. The average Bonchev–Trinajstić information content (AvgIpc) is 2.82. The molecule has 0 unspecified atom stereocenters. The zero-order valence-corrected chi connectivity index (χ0v) is 19.7. The van der Waals surface area contributed by atoms with Crippen molar-refractivity contribution in [1.29, 1.82) is 0 Å². The van der Waals surface area contributed by atoms with Crippen molar-refractivity contribution in [2.45, 2.75) is 18.2 Å². The molecule has 4 N–H and O–H groups in total. The molecule has 176 valence electrons. The van der Waals surface area contributed by atoms with Crippen molar-refractivity contribution in [3.63, 3.8) is 0 Å². The van der Waals surface area contributed by atoms with Crippen LogP contribution in [-0.2, 0) is 16.5 Å². The summed E-state index contributed by atoms with van der Waals surface area (Å²) in [6, 6.07) is 31.7. The molecule has 0 saturated carbocycles.